The number of piperazine rings is 1. The summed E-state index contributed by atoms with van der Waals surface area (Å²) in [5, 5.41) is 3.46. The zero-order valence-corrected chi connectivity index (χ0v) is 8.74. The van der Waals surface area contributed by atoms with E-state index in [9.17, 15) is 0 Å². The summed E-state index contributed by atoms with van der Waals surface area (Å²) in [6, 6.07) is 1.25. The third-order valence-electron chi connectivity index (χ3n) is 3.51. The van der Waals surface area contributed by atoms with Gasteiger partial charge in [-0.15, -0.1) is 0 Å². The van der Waals surface area contributed by atoms with E-state index in [0.717, 1.165) is 25.1 Å². The van der Waals surface area contributed by atoms with Crippen molar-refractivity contribution in [1.82, 2.24) is 15.1 Å². The molecule has 0 radical (unpaired) electrons. The topological polar surface area (TPSA) is 30.9 Å². The van der Waals surface area contributed by atoms with E-state index in [-0.39, 0.29) is 0 Å². The first-order chi connectivity index (χ1) is 6.83. The van der Waals surface area contributed by atoms with Gasteiger partial charge < -0.3 is 10.2 Å². The molecule has 2 saturated heterocycles. The Labute approximate surface area is 85.0 Å². The SMILES string of the molecule is CC1CN=C(N2CCN3CCC2C3)N1. The van der Waals surface area contributed by atoms with Crippen LogP contribution in [0.15, 0.2) is 4.99 Å². The van der Waals surface area contributed by atoms with Crippen molar-refractivity contribution in [2.45, 2.75) is 25.4 Å². The Morgan fingerprint density at radius 3 is 3.07 bits per heavy atom. The fourth-order valence-corrected chi connectivity index (χ4v) is 2.69. The van der Waals surface area contributed by atoms with Gasteiger partial charge in [0, 0.05) is 38.3 Å². The fraction of sp³-hybridized carbons (Fsp3) is 0.900. The summed E-state index contributed by atoms with van der Waals surface area (Å²) in [5.74, 6) is 1.16. The molecule has 0 spiro atoms. The Morgan fingerprint density at radius 1 is 1.36 bits per heavy atom. The lowest BCUT2D eigenvalue weighted by molar-refractivity contribution is 0.201. The summed E-state index contributed by atoms with van der Waals surface area (Å²) in [4.78, 5) is 9.60. The summed E-state index contributed by atoms with van der Waals surface area (Å²) < 4.78 is 0. The largest absolute Gasteiger partial charge is 0.352 e. The first-order valence-electron chi connectivity index (χ1n) is 5.63. The van der Waals surface area contributed by atoms with Crippen LogP contribution in [0.1, 0.15) is 13.3 Å². The Kier molecular flexibility index (Phi) is 1.90. The molecule has 3 unspecified atom stereocenters. The predicted octanol–water partition coefficient (Wildman–Crippen LogP) is -0.276. The van der Waals surface area contributed by atoms with Crippen molar-refractivity contribution < 1.29 is 0 Å². The maximum atomic E-state index is 4.57. The molecule has 3 heterocycles. The molecule has 0 aliphatic carbocycles. The second-order valence-electron chi connectivity index (χ2n) is 4.65. The van der Waals surface area contributed by atoms with Crippen LogP contribution in [0.2, 0.25) is 0 Å². The molecule has 3 rings (SSSR count). The second-order valence-corrected chi connectivity index (χ2v) is 4.65. The van der Waals surface area contributed by atoms with Crippen LogP contribution >= 0.6 is 0 Å². The van der Waals surface area contributed by atoms with Crippen LogP contribution < -0.4 is 5.32 Å². The minimum absolute atomic E-state index is 0.532. The fourth-order valence-electron chi connectivity index (χ4n) is 2.69. The molecule has 14 heavy (non-hydrogen) atoms. The lowest BCUT2D eigenvalue weighted by atomic mass is 10.2. The average Bonchev–Trinajstić information content (AvgIpc) is 2.75. The molecule has 0 aromatic carbocycles. The quantitative estimate of drug-likeness (QED) is 0.575. The molecule has 4 heteroatoms. The number of nitrogens with one attached hydrogen (secondary N) is 1. The van der Waals surface area contributed by atoms with Crippen LogP contribution in [-0.2, 0) is 0 Å². The molecule has 0 amide bonds. The van der Waals surface area contributed by atoms with Crippen LogP contribution in [0.4, 0.5) is 0 Å². The highest BCUT2D eigenvalue weighted by Crippen LogP contribution is 2.21. The Balaban J connectivity index is 1.73. The Bertz CT molecular complexity index is 263. The van der Waals surface area contributed by atoms with E-state index in [1.54, 1.807) is 0 Å². The maximum absolute atomic E-state index is 4.57. The van der Waals surface area contributed by atoms with Crippen LogP contribution in [0.3, 0.4) is 0 Å². The molecule has 3 aliphatic heterocycles. The summed E-state index contributed by atoms with van der Waals surface area (Å²) in [7, 11) is 0. The number of fused-ring (bicyclic) bond motifs is 2. The molecular formula is C10H18N4. The van der Waals surface area contributed by atoms with E-state index in [0.29, 0.717) is 6.04 Å². The normalized spacial score (nSPS) is 41.1. The van der Waals surface area contributed by atoms with Gasteiger partial charge in [-0.3, -0.25) is 9.89 Å². The maximum Gasteiger partial charge on any atom is 0.194 e. The van der Waals surface area contributed by atoms with E-state index in [2.05, 4.69) is 27.0 Å². The lowest BCUT2D eigenvalue weighted by Gasteiger charge is -2.35. The van der Waals surface area contributed by atoms with Crippen molar-refractivity contribution >= 4 is 5.96 Å². The summed E-state index contributed by atoms with van der Waals surface area (Å²) in [5.41, 5.74) is 0. The first kappa shape index (κ1) is 8.53. The number of hydrogen-bond acceptors (Lipinski definition) is 4. The average molecular weight is 194 g/mol. The van der Waals surface area contributed by atoms with Crippen LogP contribution in [-0.4, -0.2) is 60.6 Å². The van der Waals surface area contributed by atoms with Crippen molar-refractivity contribution in [2.75, 3.05) is 32.7 Å². The van der Waals surface area contributed by atoms with Crippen molar-refractivity contribution in [1.29, 1.82) is 0 Å². The molecule has 0 saturated carbocycles. The molecule has 0 aromatic rings. The van der Waals surface area contributed by atoms with Crippen molar-refractivity contribution in [3.05, 3.63) is 0 Å². The number of hydrogen-bond donors (Lipinski definition) is 1. The molecular weight excluding hydrogens is 176 g/mol. The van der Waals surface area contributed by atoms with E-state index >= 15 is 0 Å². The Hall–Kier alpha value is -0.770. The third-order valence-corrected chi connectivity index (χ3v) is 3.51. The lowest BCUT2D eigenvalue weighted by Crippen LogP contribution is -2.53. The molecule has 3 atom stereocenters. The van der Waals surface area contributed by atoms with Gasteiger partial charge in [-0.2, -0.15) is 0 Å². The molecule has 0 aromatic heterocycles. The highest BCUT2D eigenvalue weighted by molar-refractivity contribution is 5.82. The van der Waals surface area contributed by atoms with Gasteiger partial charge in [0.1, 0.15) is 0 Å². The van der Waals surface area contributed by atoms with Gasteiger partial charge in [0.2, 0.25) is 0 Å². The van der Waals surface area contributed by atoms with Gasteiger partial charge in [0.05, 0.1) is 6.54 Å². The third kappa shape index (κ3) is 1.29. The molecule has 2 fully saturated rings. The van der Waals surface area contributed by atoms with Gasteiger partial charge in [0.25, 0.3) is 0 Å². The van der Waals surface area contributed by atoms with Crippen LogP contribution in [0.5, 0.6) is 0 Å². The molecule has 2 bridgehead atoms. The van der Waals surface area contributed by atoms with Crippen molar-refractivity contribution in [3.63, 3.8) is 0 Å². The Morgan fingerprint density at radius 2 is 2.29 bits per heavy atom. The van der Waals surface area contributed by atoms with Gasteiger partial charge in [0.15, 0.2) is 5.96 Å². The highest BCUT2D eigenvalue weighted by Gasteiger charge is 2.35. The smallest absolute Gasteiger partial charge is 0.194 e. The van der Waals surface area contributed by atoms with Crippen molar-refractivity contribution in [3.8, 4) is 0 Å². The summed E-state index contributed by atoms with van der Waals surface area (Å²) in [6.45, 7) is 8.04. The number of guanidine groups is 1. The van der Waals surface area contributed by atoms with Crippen LogP contribution in [0.25, 0.3) is 0 Å². The molecule has 78 valence electrons. The zero-order chi connectivity index (χ0) is 9.54. The number of aliphatic imine (C=N–C) groups is 1. The number of rotatable bonds is 0. The van der Waals surface area contributed by atoms with Crippen LogP contribution in [0, 0.1) is 0 Å². The highest BCUT2D eigenvalue weighted by atomic mass is 15.4. The van der Waals surface area contributed by atoms with E-state index in [1.165, 1.54) is 26.1 Å². The minimum Gasteiger partial charge on any atom is -0.352 e. The van der Waals surface area contributed by atoms with E-state index in [1.807, 2.05) is 0 Å². The summed E-state index contributed by atoms with van der Waals surface area (Å²) >= 11 is 0. The minimum atomic E-state index is 0.532. The predicted molar refractivity (Wildman–Crippen MR) is 56.5 cm³/mol. The molecule has 4 nitrogen and oxygen atoms in total. The monoisotopic (exact) mass is 194 g/mol. The van der Waals surface area contributed by atoms with Gasteiger partial charge >= 0.3 is 0 Å². The molecule has 3 aliphatic rings. The summed E-state index contributed by atoms with van der Waals surface area (Å²) in [6.07, 6.45) is 1.31. The van der Waals surface area contributed by atoms with Gasteiger partial charge in [-0.05, 0) is 13.3 Å². The van der Waals surface area contributed by atoms with E-state index < -0.39 is 0 Å². The van der Waals surface area contributed by atoms with Crippen molar-refractivity contribution in [2.24, 2.45) is 4.99 Å². The zero-order valence-electron chi connectivity index (χ0n) is 8.74. The second kappa shape index (κ2) is 3.12. The standard InChI is InChI=1S/C10H18N4/c1-8-6-11-10(12-8)14-5-4-13-3-2-9(14)7-13/h8-9H,2-7H2,1H3,(H,11,12). The first-order valence-corrected chi connectivity index (χ1v) is 5.63. The molecule has 1 N–H and O–H groups in total. The number of nitrogens with zero attached hydrogens (tertiary/aromatic N) is 3. The van der Waals surface area contributed by atoms with E-state index in [4.69, 9.17) is 0 Å². The van der Waals surface area contributed by atoms with Gasteiger partial charge in [-0.25, -0.2) is 0 Å². The van der Waals surface area contributed by atoms with Gasteiger partial charge in [-0.1, -0.05) is 0 Å².